The topological polar surface area (TPSA) is 55.4 Å². The Bertz CT molecular complexity index is 552. The van der Waals surface area contributed by atoms with Gasteiger partial charge in [0.15, 0.2) is 6.61 Å². The lowest BCUT2D eigenvalue weighted by Gasteiger charge is -2.29. The van der Waals surface area contributed by atoms with Gasteiger partial charge in [-0.05, 0) is 43.7 Å². The lowest BCUT2D eigenvalue weighted by Crippen LogP contribution is -2.42. The third-order valence-corrected chi connectivity index (χ3v) is 5.61. The summed E-state index contributed by atoms with van der Waals surface area (Å²) in [5.74, 6) is -0.0913. The summed E-state index contributed by atoms with van der Waals surface area (Å²) in [6, 6.07) is 2.11. The van der Waals surface area contributed by atoms with Crippen LogP contribution in [0.25, 0.3) is 0 Å². The molecule has 5 heteroatoms. The number of rotatable bonds is 6. The molecule has 0 radical (unpaired) electrons. The van der Waals surface area contributed by atoms with Crippen molar-refractivity contribution < 1.29 is 14.3 Å². The van der Waals surface area contributed by atoms with E-state index in [0.717, 1.165) is 37.0 Å². The van der Waals surface area contributed by atoms with Gasteiger partial charge in [-0.25, -0.2) is 4.79 Å². The highest BCUT2D eigenvalue weighted by atomic mass is 32.1. The maximum absolute atomic E-state index is 12.1. The fourth-order valence-corrected chi connectivity index (χ4v) is 4.08. The Morgan fingerprint density at radius 3 is 2.78 bits per heavy atom. The first kappa shape index (κ1) is 18.0. The average molecular weight is 337 g/mol. The molecule has 2 rings (SSSR count). The van der Waals surface area contributed by atoms with Crippen molar-refractivity contribution in [2.75, 3.05) is 6.61 Å². The van der Waals surface area contributed by atoms with Gasteiger partial charge in [-0.3, -0.25) is 4.79 Å². The minimum absolute atomic E-state index is 0.192. The average Bonchev–Trinajstić information content (AvgIpc) is 2.89. The van der Waals surface area contributed by atoms with Gasteiger partial charge in [0.2, 0.25) is 0 Å². The number of amides is 1. The van der Waals surface area contributed by atoms with Gasteiger partial charge in [0.05, 0.1) is 0 Å². The molecule has 0 bridgehead atoms. The van der Waals surface area contributed by atoms with E-state index >= 15 is 0 Å². The molecule has 1 heterocycles. The lowest BCUT2D eigenvalue weighted by atomic mass is 9.86. The van der Waals surface area contributed by atoms with Crippen LogP contribution in [0.5, 0.6) is 0 Å². The third-order valence-electron chi connectivity index (χ3n) is 4.53. The number of hydrogen-bond acceptors (Lipinski definition) is 4. The zero-order valence-corrected chi connectivity index (χ0v) is 15.1. The van der Waals surface area contributed by atoms with E-state index in [1.165, 1.54) is 23.3 Å². The summed E-state index contributed by atoms with van der Waals surface area (Å²) in [4.78, 5) is 25.8. The number of aryl methyl sites for hydroxylation is 2. The van der Waals surface area contributed by atoms with Crippen LogP contribution in [0.15, 0.2) is 6.07 Å². The first-order valence-electron chi connectivity index (χ1n) is 8.57. The summed E-state index contributed by atoms with van der Waals surface area (Å²) >= 11 is 1.44. The zero-order chi connectivity index (χ0) is 16.8. The van der Waals surface area contributed by atoms with E-state index in [0.29, 0.717) is 10.8 Å². The summed E-state index contributed by atoms with van der Waals surface area (Å²) in [5, 5.41) is 3.00. The van der Waals surface area contributed by atoms with Gasteiger partial charge < -0.3 is 10.1 Å². The molecule has 128 valence electrons. The second-order valence-electron chi connectivity index (χ2n) is 6.45. The minimum Gasteiger partial charge on any atom is -0.451 e. The van der Waals surface area contributed by atoms with Gasteiger partial charge in [0.25, 0.3) is 5.91 Å². The van der Waals surface area contributed by atoms with Crippen LogP contribution in [0.3, 0.4) is 0 Å². The molecule has 1 N–H and O–H groups in total. The molecule has 1 aliphatic rings. The van der Waals surface area contributed by atoms with Gasteiger partial charge in [-0.15, -0.1) is 11.3 Å². The van der Waals surface area contributed by atoms with E-state index < -0.39 is 5.97 Å². The number of carbonyl (C=O) groups is 2. The number of hydrogen-bond donors (Lipinski definition) is 1. The van der Waals surface area contributed by atoms with Crippen molar-refractivity contribution >= 4 is 23.2 Å². The van der Waals surface area contributed by atoms with Crippen LogP contribution in [-0.2, 0) is 16.0 Å². The normalized spacial score (nSPS) is 21.0. The van der Waals surface area contributed by atoms with E-state index in [2.05, 4.69) is 19.2 Å². The summed E-state index contributed by atoms with van der Waals surface area (Å²) in [6.45, 7) is 6.11. The number of thiophene rings is 1. The molecule has 0 aliphatic heterocycles. The highest BCUT2D eigenvalue weighted by molar-refractivity contribution is 7.14. The molecular formula is C18H27NO3S. The standard InChI is InChI=1S/C18H27NO3S/c1-4-7-14-10-16(23-13(14)3)18(21)22-11-17(20)19-15-9-6-5-8-12(15)2/h10,12,15H,4-9,11H2,1-3H3,(H,19,20). The second-order valence-corrected chi connectivity index (χ2v) is 7.71. The van der Waals surface area contributed by atoms with E-state index in [1.54, 1.807) is 0 Å². The molecule has 1 amide bonds. The number of ether oxygens (including phenoxy) is 1. The quantitative estimate of drug-likeness (QED) is 0.802. The van der Waals surface area contributed by atoms with Crippen molar-refractivity contribution in [3.8, 4) is 0 Å². The van der Waals surface area contributed by atoms with Crippen molar-refractivity contribution in [3.05, 3.63) is 21.4 Å². The third kappa shape index (κ3) is 5.06. The Morgan fingerprint density at radius 2 is 2.09 bits per heavy atom. The highest BCUT2D eigenvalue weighted by Gasteiger charge is 2.23. The smallest absolute Gasteiger partial charge is 0.348 e. The van der Waals surface area contributed by atoms with Crippen molar-refractivity contribution in [2.45, 2.75) is 65.3 Å². The summed E-state index contributed by atoms with van der Waals surface area (Å²) in [6.07, 6.45) is 6.58. The fourth-order valence-electron chi connectivity index (χ4n) is 3.12. The first-order valence-corrected chi connectivity index (χ1v) is 9.38. The molecular weight excluding hydrogens is 310 g/mol. The van der Waals surface area contributed by atoms with Crippen LogP contribution in [0.4, 0.5) is 0 Å². The summed E-state index contributed by atoms with van der Waals surface area (Å²) in [5.41, 5.74) is 1.20. The van der Waals surface area contributed by atoms with Gasteiger partial charge in [0, 0.05) is 10.9 Å². The molecule has 2 unspecified atom stereocenters. The van der Waals surface area contributed by atoms with E-state index in [-0.39, 0.29) is 18.6 Å². The summed E-state index contributed by atoms with van der Waals surface area (Å²) < 4.78 is 5.17. The second kappa shape index (κ2) is 8.48. The Morgan fingerprint density at radius 1 is 1.35 bits per heavy atom. The SMILES string of the molecule is CCCc1cc(C(=O)OCC(=O)NC2CCCCC2C)sc1C. The molecule has 0 spiro atoms. The Hall–Kier alpha value is -1.36. The molecule has 1 saturated carbocycles. The largest absolute Gasteiger partial charge is 0.451 e. The van der Waals surface area contributed by atoms with Crippen LogP contribution in [0.2, 0.25) is 0 Å². The number of nitrogens with one attached hydrogen (secondary N) is 1. The summed E-state index contributed by atoms with van der Waals surface area (Å²) in [7, 11) is 0. The molecule has 2 atom stereocenters. The number of carbonyl (C=O) groups excluding carboxylic acids is 2. The molecule has 1 aromatic heterocycles. The fraction of sp³-hybridized carbons (Fsp3) is 0.667. The molecule has 0 aromatic carbocycles. The van der Waals surface area contributed by atoms with E-state index in [4.69, 9.17) is 4.74 Å². The van der Waals surface area contributed by atoms with E-state index in [9.17, 15) is 9.59 Å². The van der Waals surface area contributed by atoms with Crippen molar-refractivity contribution in [1.82, 2.24) is 5.32 Å². The maximum atomic E-state index is 12.1. The monoisotopic (exact) mass is 337 g/mol. The number of esters is 1. The van der Waals surface area contributed by atoms with Crippen LogP contribution in [-0.4, -0.2) is 24.5 Å². The van der Waals surface area contributed by atoms with Crippen LogP contribution in [0.1, 0.15) is 66.1 Å². The highest BCUT2D eigenvalue weighted by Crippen LogP contribution is 2.24. The van der Waals surface area contributed by atoms with Gasteiger partial charge in [-0.2, -0.15) is 0 Å². The van der Waals surface area contributed by atoms with E-state index in [1.807, 2.05) is 13.0 Å². The predicted octanol–water partition coefficient (Wildman–Crippen LogP) is 3.86. The molecule has 1 aliphatic carbocycles. The molecule has 0 saturated heterocycles. The van der Waals surface area contributed by atoms with Crippen LogP contribution in [0, 0.1) is 12.8 Å². The van der Waals surface area contributed by atoms with Gasteiger partial charge in [0.1, 0.15) is 4.88 Å². The Labute approximate surface area is 142 Å². The van der Waals surface area contributed by atoms with Crippen LogP contribution < -0.4 is 5.32 Å². The van der Waals surface area contributed by atoms with Crippen LogP contribution >= 0.6 is 11.3 Å². The molecule has 23 heavy (non-hydrogen) atoms. The van der Waals surface area contributed by atoms with Crippen molar-refractivity contribution in [3.63, 3.8) is 0 Å². The molecule has 1 fully saturated rings. The van der Waals surface area contributed by atoms with Gasteiger partial charge in [-0.1, -0.05) is 33.1 Å². The van der Waals surface area contributed by atoms with Crippen molar-refractivity contribution in [1.29, 1.82) is 0 Å². The van der Waals surface area contributed by atoms with Crippen molar-refractivity contribution in [2.24, 2.45) is 5.92 Å². The minimum atomic E-state index is -0.396. The lowest BCUT2D eigenvalue weighted by molar-refractivity contribution is -0.125. The Balaban J connectivity index is 1.81. The Kier molecular flexibility index (Phi) is 6.63. The predicted molar refractivity (Wildman–Crippen MR) is 92.9 cm³/mol. The molecule has 1 aromatic rings. The van der Waals surface area contributed by atoms with Gasteiger partial charge >= 0.3 is 5.97 Å². The first-order chi connectivity index (χ1) is 11.0. The maximum Gasteiger partial charge on any atom is 0.348 e. The molecule has 4 nitrogen and oxygen atoms in total. The zero-order valence-electron chi connectivity index (χ0n) is 14.3.